The maximum Gasteiger partial charge on any atom is 0.322 e. The van der Waals surface area contributed by atoms with Crippen LogP contribution < -0.4 is 0 Å². The van der Waals surface area contributed by atoms with E-state index in [2.05, 4.69) is 31.9 Å². The maximum atomic E-state index is 13.0. The number of ether oxygens (including phenoxy) is 3. The van der Waals surface area contributed by atoms with E-state index in [4.69, 9.17) is 14.2 Å². The van der Waals surface area contributed by atoms with Gasteiger partial charge in [-0.25, -0.2) is 0 Å². The summed E-state index contributed by atoms with van der Waals surface area (Å²) in [5, 5.41) is 0. The molecule has 0 aromatic carbocycles. The van der Waals surface area contributed by atoms with Gasteiger partial charge in [-0.3, -0.25) is 28.9 Å². The van der Waals surface area contributed by atoms with E-state index < -0.39 is 45.2 Å². The standard InChI is InChI=1S/C24H31Br2NO8/c1-22(2,25)19(30)34-11-24(5,12-35-20(31)23(3,4)26)21(32)33-9-8-27-17(28)15-13-6-7-14(10-13)16(15)18(27)29/h6-7,13-16H,8-12H2,1-5H3. The van der Waals surface area contributed by atoms with Crippen LogP contribution in [-0.4, -0.2) is 69.6 Å². The largest absolute Gasteiger partial charge is 0.463 e. The van der Waals surface area contributed by atoms with Crippen molar-refractivity contribution in [2.75, 3.05) is 26.4 Å². The third kappa shape index (κ3) is 5.81. The van der Waals surface area contributed by atoms with Gasteiger partial charge in [0.1, 0.15) is 33.9 Å². The van der Waals surface area contributed by atoms with Gasteiger partial charge >= 0.3 is 17.9 Å². The lowest BCUT2D eigenvalue weighted by molar-refractivity contribution is -0.172. The molecular formula is C24H31Br2NO8. The Morgan fingerprint density at radius 2 is 1.26 bits per heavy atom. The third-order valence-corrected chi connectivity index (χ3v) is 7.26. The number of likely N-dealkylation sites (tertiary alicyclic amines) is 1. The van der Waals surface area contributed by atoms with Crippen molar-refractivity contribution in [1.82, 2.24) is 4.90 Å². The maximum absolute atomic E-state index is 13.0. The minimum Gasteiger partial charge on any atom is -0.463 e. The van der Waals surface area contributed by atoms with Crippen molar-refractivity contribution in [2.45, 2.75) is 49.7 Å². The summed E-state index contributed by atoms with van der Waals surface area (Å²) in [6, 6.07) is 0. The van der Waals surface area contributed by atoms with E-state index in [9.17, 15) is 24.0 Å². The number of carbonyl (C=O) groups excluding carboxylic acids is 5. The third-order valence-electron chi connectivity index (χ3n) is 6.62. The monoisotopic (exact) mass is 619 g/mol. The number of esters is 3. The van der Waals surface area contributed by atoms with Gasteiger partial charge in [0.15, 0.2) is 0 Å². The fourth-order valence-corrected chi connectivity index (χ4v) is 4.77. The number of halogens is 2. The normalized spacial score (nSPS) is 25.6. The highest BCUT2D eigenvalue weighted by molar-refractivity contribution is 9.10. The first kappa shape index (κ1) is 27.8. The second-order valence-corrected chi connectivity index (χ2v) is 14.6. The van der Waals surface area contributed by atoms with Gasteiger partial charge in [0, 0.05) is 0 Å². The average Bonchev–Trinajstić information content (AvgIpc) is 3.44. The molecule has 3 aliphatic rings. The number of allylic oxidation sites excluding steroid dienone is 2. The second kappa shape index (κ2) is 9.95. The molecule has 0 radical (unpaired) electrons. The quantitative estimate of drug-likeness (QED) is 0.120. The van der Waals surface area contributed by atoms with Crippen molar-refractivity contribution < 1.29 is 38.2 Å². The van der Waals surface area contributed by atoms with E-state index in [1.165, 1.54) is 11.8 Å². The van der Waals surface area contributed by atoms with Crippen molar-refractivity contribution in [3.63, 3.8) is 0 Å². The average molecular weight is 621 g/mol. The van der Waals surface area contributed by atoms with Gasteiger partial charge in [-0.05, 0) is 52.9 Å². The molecule has 35 heavy (non-hydrogen) atoms. The lowest BCUT2D eigenvalue weighted by atomic mass is 9.85. The molecule has 0 N–H and O–H groups in total. The van der Waals surface area contributed by atoms with E-state index >= 15 is 0 Å². The fourth-order valence-electron chi connectivity index (χ4n) is 4.54. The Labute approximate surface area is 221 Å². The first-order valence-corrected chi connectivity index (χ1v) is 13.1. The number of imide groups is 1. The molecule has 3 rings (SSSR count). The first-order chi connectivity index (χ1) is 16.1. The summed E-state index contributed by atoms with van der Waals surface area (Å²) in [7, 11) is 0. The Kier molecular flexibility index (Phi) is 7.91. The molecule has 194 valence electrons. The Morgan fingerprint density at radius 3 is 1.66 bits per heavy atom. The molecule has 1 saturated heterocycles. The van der Waals surface area contributed by atoms with Crippen LogP contribution >= 0.6 is 31.9 Å². The Hall–Kier alpha value is -1.75. The first-order valence-electron chi connectivity index (χ1n) is 11.5. The Balaban J connectivity index is 1.61. The summed E-state index contributed by atoms with van der Waals surface area (Å²) in [6.07, 6.45) is 4.86. The van der Waals surface area contributed by atoms with Gasteiger partial charge in [0.05, 0.1) is 18.4 Å². The summed E-state index contributed by atoms with van der Waals surface area (Å²) < 4.78 is 14.0. The van der Waals surface area contributed by atoms with Crippen LogP contribution in [0.25, 0.3) is 0 Å². The molecule has 1 heterocycles. The van der Waals surface area contributed by atoms with Gasteiger partial charge in [-0.1, -0.05) is 44.0 Å². The van der Waals surface area contributed by atoms with Crippen LogP contribution in [-0.2, 0) is 38.2 Å². The van der Waals surface area contributed by atoms with E-state index in [0.717, 1.165) is 6.42 Å². The van der Waals surface area contributed by atoms with Crippen molar-refractivity contribution in [1.29, 1.82) is 0 Å². The Morgan fingerprint density at radius 1 is 0.829 bits per heavy atom. The topological polar surface area (TPSA) is 116 Å². The molecule has 4 unspecified atom stereocenters. The number of rotatable bonds is 10. The van der Waals surface area contributed by atoms with Crippen molar-refractivity contribution >= 4 is 61.6 Å². The summed E-state index contributed by atoms with van der Waals surface area (Å²) in [6.45, 7) is 6.78. The van der Waals surface area contributed by atoms with Crippen LogP contribution in [0.15, 0.2) is 12.2 Å². The van der Waals surface area contributed by atoms with Gasteiger partial charge in [-0.15, -0.1) is 0 Å². The molecule has 4 atom stereocenters. The molecular weight excluding hydrogens is 590 g/mol. The number of nitrogens with zero attached hydrogens (tertiary/aromatic N) is 1. The lowest BCUT2D eigenvalue weighted by Crippen LogP contribution is -2.44. The highest BCUT2D eigenvalue weighted by atomic mass is 79.9. The SMILES string of the molecule is CC(C)(Br)C(=O)OCC(C)(COC(=O)C(C)(C)Br)C(=O)OCCN1C(=O)C2C3C=CC(C3)C2C1=O. The number of carbonyl (C=O) groups is 5. The van der Waals surface area contributed by atoms with E-state index in [1.807, 2.05) is 12.2 Å². The molecule has 11 heteroatoms. The van der Waals surface area contributed by atoms with Gasteiger partial charge in [0.25, 0.3) is 0 Å². The van der Waals surface area contributed by atoms with Crippen molar-refractivity contribution in [3.8, 4) is 0 Å². The number of alkyl halides is 2. The van der Waals surface area contributed by atoms with Gasteiger partial charge in [-0.2, -0.15) is 0 Å². The number of hydrogen-bond acceptors (Lipinski definition) is 8. The summed E-state index contributed by atoms with van der Waals surface area (Å²) in [4.78, 5) is 64.2. The molecule has 1 saturated carbocycles. The number of amides is 2. The van der Waals surface area contributed by atoms with Gasteiger partial charge in [0.2, 0.25) is 11.8 Å². The minimum atomic E-state index is -1.50. The zero-order valence-electron chi connectivity index (χ0n) is 20.5. The molecule has 0 aromatic rings. The Bertz CT molecular complexity index is 888. The van der Waals surface area contributed by atoms with Crippen LogP contribution in [0.5, 0.6) is 0 Å². The lowest BCUT2D eigenvalue weighted by Gasteiger charge is -2.29. The molecule has 2 amide bonds. The van der Waals surface area contributed by atoms with Crippen LogP contribution in [0.1, 0.15) is 41.0 Å². The van der Waals surface area contributed by atoms with Crippen molar-refractivity contribution in [2.24, 2.45) is 29.1 Å². The number of fused-ring (bicyclic) bond motifs is 5. The molecule has 9 nitrogen and oxygen atoms in total. The number of hydrogen-bond donors (Lipinski definition) is 0. The molecule has 2 bridgehead atoms. The zero-order valence-corrected chi connectivity index (χ0v) is 23.6. The van der Waals surface area contributed by atoms with Crippen LogP contribution in [0.2, 0.25) is 0 Å². The second-order valence-electron chi connectivity index (χ2n) is 10.6. The van der Waals surface area contributed by atoms with Crippen LogP contribution in [0.4, 0.5) is 0 Å². The van der Waals surface area contributed by atoms with Gasteiger partial charge < -0.3 is 14.2 Å². The molecule has 0 aromatic heterocycles. The van der Waals surface area contributed by atoms with E-state index in [1.54, 1.807) is 27.7 Å². The molecule has 0 spiro atoms. The summed E-state index contributed by atoms with van der Waals surface area (Å²) in [5.41, 5.74) is -1.50. The van der Waals surface area contributed by atoms with Crippen molar-refractivity contribution in [3.05, 3.63) is 12.2 Å². The molecule has 2 fully saturated rings. The molecule has 2 aliphatic carbocycles. The van der Waals surface area contributed by atoms with Crippen LogP contribution in [0, 0.1) is 29.1 Å². The fraction of sp³-hybridized carbons (Fsp3) is 0.708. The highest BCUT2D eigenvalue weighted by Gasteiger charge is 2.59. The summed E-state index contributed by atoms with van der Waals surface area (Å²) >= 11 is 6.41. The molecule has 1 aliphatic heterocycles. The van der Waals surface area contributed by atoms with Crippen LogP contribution in [0.3, 0.4) is 0 Å². The smallest absolute Gasteiger partial charge is 0.322 e. The predicted octanol–water partition coefficient (Wildman–Crippen LogP) is 2.78. The van der Waals surface area contributed by atoms with E-state index in [0.29, 0.717) is 0 Å². The minimum absolute atomic E-state index is 0.0611. The van der Waals surface area contributed by atoms with E-state index in [-0.39, 0.29) is 48.6 Å². The zero-order chi connectivity index (χ0) is 26.3. The highest BCUT2D eigenvalue weighted by Crippen LogP contribution is 2.52. The predicted molar refractivity (Wildman–Crippen MR) is 131 cm³/mol. The summed E-state index contributed by atoms with van der Waals surface area (Å²) in [5.74, 6) is -2.89.